The topological polar surface area (TPSA) is 88.6 Å². The maximum absolute atomic E-state index is 13.1. The minimum Gasteiger partial charge on any atom is -0.451 e. The van der Waals surface area contributed by atoms with Crippen molar-refractivity contribution in [1.82, 2.24) is 15.2 Å². The first-order valence-corrected chi connectivity index (χ1v) is 9.45. The number of nitrogens with one attached hydrogen (secondary N) is 1. The maximum Gasteiger partial charge on any atom is 0.289 e. The fraction of sp³-hybridized carbons (Fsp3) is 0.381. The second kappa shape index (κ2) is 5.95. The number of carbonyl (C=O) groups is 2. The van der Waals surface area contributed by atoms with E-state index >= 15 is 0 Å². The molecule has 2 amide bonds. The third-order valence-electron chi connectivity index (χ3n) is 6.24. The van der Waals surface area contributed by atoms with Crippen LogP contribution in [-0.2, 0) is 0 Å². The highest BCUT2D eigenvalue weighted by molar-refractivity contribution is 5.97. The number of benzene rings is 1. The molecular formula is C21H21N3O4. The molecule has 3 aliphatic rings. The van der Waals surface area contributed by atoms with Crippen molar-refractivity contribution in [2.24, 2.45) is 5.92 Å². The van der Waals surface area contributed by atoms with Gasteiger partial charge in [-0.3, -0.25) is 9.59 Å². The van der Waals surface area contributed by atoms with Crippen molar-refractivity contribution < 1.29 is 18.4 Å². The van der Waals surface area contributed by atoms with Crippen molar-refractivity contribution in [2.45, 2.75) is 32.2 Å². The summed E-state index contributed by atoms with van der Waals surface area (Å²) in [7, 11) is 1.57. The van der Waals surface area contributed by atoms with Crippen LogP contribution in [0, 0.1) is 19.8 Å². The van der Waals surface area contributed by atoms with Crippen LogP contribution in [-0.4, -0.2) is 41.3 Å². The molecule has 7 nitrogen and oxygen atoms in total. The molecule has 1 saturated carbocycles. The van der Waals surface area contributed by atoms with E-state index in [1.165, 1.54) is 12.0 Å². The van der Waals surface area contributed by atoms with E-state index in [1.54, 1.807) is 7.05 Å². The molecular weight excluding hydrogens is 358 g/mol. The molecule has 3 atom stereocenters. The molecule has 2 aromatic heterocycles. The number of aromatic nitrogens is 1. The number of oxazole rings is 1. The summed E-state index contributed by atoms with van der Waals surface area (Å²) in [6, 6.07) is 5.84. The van der Waals surface area contributed by atoms with E-state index in [0.29, 0.717) is 23.8 Å². The minimum absolute atomic E-state index is 0.00513. The first kappa shape index (κ1) is 17.0. The van der Waals surface area contributed by atoms with E-state index in [4.69, 9.17) is 8.83 Å². The molecule has 4 heterocycles. The zero-order valence-corrected chi connectivity index (χ0v) is 16.0. The molecule has 1 aromatic carbocycles. The number of fused-ring (bicyclic) bond motifs is 2. The lowest BCUT2D eigenvalue weighted by Gasteiger charge is -2.34. The smallest absolute Gasteiger partial charge is 0.289 e. The Kier molecular flexibility index (Phi) is 3.62. The Morgan fingerprint density at radius 2 is 2.00 bits per heavy atom. The Morgan fingerprint density at radius 3 is 2.79 bits per heavy atom. The largest absolute Gasteiger partial charge is 0.451 e. The number of aryl methyl sites for hydroxylation is 2. The van der Waals surface area contributed by atoms with Crippen LogP contribution in [0.1, 0.15) is 50.3 Å². The molecule has 1 N–H and O–H groups in total. The third kappa shape index (κ3) is 2.32. The first-order chi connectivity index (χ1) is 13.5. The van der Waals surface area contributed by atoms with Crippen LogP contribution in [0.3, 0.4) is 0 Å². The molecule has 3 unspecified atom stereocenters. The molecule has 1 aliphatic carbocycles. The molecule has 7 heteroatoms. The average molecular weight is 379 g/mol. The van der Waals surface area contributed by atoms with Gasteiger partial charge >= 0.3 is 0 Å². The highest BCUT2D eigenvalue weighted by Crippen LogP contribution is 2.53. The Bertz CT molecular complexity index is 1070. The van der Waals surface area contributed by atoms with Crippen LogP contribution in [0.2, 0.25) is 0 Å². The fourth-order valence-electron chi connectivity index (χ4n) is 4.57. The summed E-state index contributed by atoms with van der Waals surface area (Å²) < 4.78 is 11.4. The zero-order chi connectivity index (χ0) is 19.6. The third-order valence-corrected chi connectivity index (χ3v) is 6.24. The van der Waals surface area contributed by atoms with Crippen molar-refractivity contribution in [3.8, 4) is 0 Å². The molecule has 0 radical (unpaired) electrons. The summed E-state index contributed by atoms with van der Waals surface area (Å²) in [6.07, 6.45) is 2.20. The van der Waals surface area contributed by atoms with Crippen molar-refractivity contribution >= 4 is 22.8 Å². The summed E-state index contributed by atoms with van der Waals surface area (Å²) in [5, 5.41) is 3.52. The average Bonchev–Trinajstić information content (AvgIpc) is 3.43. The second-order valence-corrected chi connectivity index (χ2v) is 7.78. The van der Waals surface area contributed by atoms with Gasteiger partial charge in [0.2, 0.25) is 0 Å². The molecule has 3 fully saturated rings. The lowest BCUT2D eigenvalue weighted by Crippen LogP contribution is -2.40. The van der Waals surface area contributed by atoms with E-state index in [-0.39, 0.29) is 29.7 Å². The summed E-state index contributed by atoms with van der Waals surface area (Å²) in [5.74, 6) is 0.840. The molecule has 2 saturated heterocycles. The van der Waals surface area contributed by atoms with Gasteiger partial charge in [-0.1, -0.05) is 0 Å². The van der Waals surface area contributed by atoms with Gasteiger partial charge in [-0.15, -0.1) is 0 Å². The lowest BCUT2D eigenvalue weighted by molar-refractivity contribution is 0.0700. The number of furan rings is 1. The van der Waals surface area contributed by atoms with Crippen LogP contribution < -0.4 is 5.32 Å². The number of hydrogen-bond donors (Lipinski definition) is 1. The molecule has 2 aliphatic heterocycles. The van der Waals surface area contributed by atoms with E-state index in [9.17, 15) is 9.59 Å². The van der Waals surface area contributed by atoms with Gasteiger partial charge in [0.25, 0.3) is 11.8 Å². The first-order valence-electron chi connectivity index (χ1n) is 9.45. The van der Waals surface area contributed by atoms with E-state index < -0.39 is 0 Å². The summed E-state index contributed by atoms with van der Waals surface area (Å²) in [5.41, 5.74) is 3.34. The van der Waals surface area contributed by atoms with Gasteiger partial charge in [0.1, 0.15) is 11.3 Å². The van der Waals surface area contributed by atoms with Crippen molar-refractivity contribution in [3.05, 3.63) is 52.9 Å². The predicted molar refractivity (Wildman–Crippen MR) is 101 cm³/mol. The Morgan fingerprint density at radius 1 is 1.21 bits per heavy atom. The van der Waals surface area contributed by atoms with Gasteiger partial charge < -0.3 is 19.1 Å². The number of hydrogen-bond acceptors (Lipinski definition) is 5. The van der Waals surface area contributed by atoms with Crippen LogP contribution >= 0.6 is 0 Å². The van der Waals surface area contributed by atoms with Gasteiger partial charge in [-0.05, 0) is 55.5 Å². The predicted octanol–water partition coefficient (Wildman–Crippen LogP) is 3.03. The number of amides is 2. The van der Waals surface area contributed by atoms with Crippen LogP contribution in [0.4, 0.5) is 0 Å². The summed E-state index contributed by atoms with van der Waals surface area (Å²) in [6.45, 7) is 4.71. The Labute approximate surface area is 161 Å². The van der Waals surface area contributed by atoms with Gasteiger partial charge in [-0.2, -0.15) is 0 Å². The SMILES string of the molecule is CNC(=O)c1ncoc1C1C2CC1N(C(=O)c1cc3cc(C)c(C)cc3o1)C2. The number of rotatable bonds is 3. The van der Waals surface area contributed by atoms with E-state index in [2.05, 4.69) is 10.3 Å². The Balaban J connectivity index is 1.42. The van der Waals surface area contributed by atoms with Crippen LogP contribution in [0.5, 0.6) is 0 Å². The number of carbonyl (C=O) groups excluding carboxylic acids is 2. The van der Waals surface area contributed by atoms with Gasteiger partial charge in [0.05, 0.1) is 0 Å². The zero-order valence-electron chi connectivity index (χ0n) is 16.0. The monoisotopic (exact) mass is 379 g/mol. The molecule has 0 spiro atoms. The fourth-order valence-corrected chi connectivity index (χ4v) is 4.57. The van der Waals surface area contributed by atoms with Crippen LogP contribution in [0.25, 0.3) is 11.0 Å². The van der Waals surface area contributed by atoms with E-state index in [0.717, 1.165) is 23.0 Å². The van der Waals surface area contributed by atoms with Gasteiger partial charge in [0.15, 0.2) is 17.8 Å². The highest BCUT2D eigenvalue weighted by atomic mass is 16.3. The highest BCUT2D eigenvalue weighted by Gasteiger charge is 2.57. The van der Waals surface area contributed by atoms with Gasteiger partial charge in [-0.25, -0.2) is 4.98 Å². The minimum atomic E-state index is -0.268. The van der Waals surface area contributed by atoms with Gasteiger partial charge in [0, 0.05) is 30.9 Å². The second-order valence-electron chi connectivity index (χ2n) is 7.78. The maximum atomic E-state index is 13.1. The molecule has 3 aromatic rings. The summed E-state index contributed by atoms with van der Waals surface area (Å²) >= 11 is 0. The molecule has 6 rings (SSSR count). The van der Waals surface area contributed by atoms with Crippen molar-refractivity contribution in [1.29, 1.82) is 0 Å². The van der Waals surface area contributed by atoms with E-state index in [1.807, 2.05) is 36.9 Å². The molecule has 2 bridgehead atoms. The molecule has 28 heavy (non-hydrogen) atoms. The van der Waals surface area contributed by atoms with Crippen molar-refractivity contribution in [3.63, 3.8) is 0 Å². The quantitative estimate of drug-likeness (QED) is 0.756. The van der Waals surface area contributed by atoms with Crippen LogP contribution in [0.15, 0.2) is 33.4 Å². The lowest BCUT2D eigenvalue weighted by atomic mass is 9.72. The summed E-state index contributed by atoms with van der Waals surface area (Å²) in [4.78, 5) is 31.1. The Hall–Kier alpha value is -3.09. The number of nitrogens with zero attached hydrogens (tertiary/aromatic N) is 2. The molecule has 144 valence electrons. The normalized spacial score (nSPS) is 23.1. The van der Waals surface area contributed by atoms with Crippen molar-refractivity contribution in [2.75, 3.05) is 13.6 Å². The standard InChI is InChI=1S/C21H21N3O4/c1-10-4-12-7-16(28-15(12)5-11(10)2)21(26)24-8-13-6-14(24)17(13)19-18(20(25)22-3)23-9-27-19/h4-5,7,9,13-14,17H,6,8H2,1-3H3,(H,22,25).